The van der Waals surface area contributed by atoms with E-state index in [0.29, 0.717) is 17.7 Å². The summed E-state index contributed by atoms with van der Waals surface area (Å²) in [5.74, 6) is 0.696. The monoisotopic (exact) mass is 315 g/mol. The van der Waals surface area contributed by atoms with Crippen LogP contribution in [0.1, 0.15) is 25.1 Å². The van der Waals surface area contributed by atoms with Crippen LogP contribution in [0.15, 0.2) is 41.6 Å². The highest BCUT2D eigenvalue weighted by Crippen LogP contribution is 2.26. The zero-order chi connectivity index (χ0) is 15.4. The number of aromatic nitrogens is 2. The average Bonchev–Trinajstić information content (AvgIpc) is 2.69. The fourth-order valence-corrected chi connectivity index (χ4v) is 3.18. The number of fused-ring (bicyclic) bond motifs is 1. The van der Waals surface area contributed by atoms with Crippen molar-refractivity contribution in [1.29, 1.82) is 0 Å². The summed E-state index contributed by atoms with van der Waals surface area (Å²) >= 11 is 1.71. The van der Waals surface area contributed by atoms with E-state index in [0.717, 1.165) is 30.4 Å². The molecule has 1 aliphatic heterocycles. The van der Waals surface area contributed by atoms with Crippen LogP contribution in [-0.2, 0) is 13.1 Å². The van der Waals surface area contributed by atoms with Crippen LogP contribution in [0.5, 0.6) is 5.88 Å². The van der Waals surface area contributed by atoms with Gasteiger partial charge in [0.15, 0.2) is 0 Å². The van der Waals surface area contributed by atoms with Gasteiger partial charge in [-0.1, -0.05) is 44.2 Å². The first-order valence-electron chi connectivity index (χ1n) is 7.62. The Bertz CT molecular complexity index is 619. The predicted octanol–water partition coefficient (Wildman–Crippen LogP) is 3.37. The highest BCUT2D eigenvalue weighted by Gasteiger charge is 2.18. The molecule has 0 radical (unpaired) electrons. The van der Waals surface area contributed by atoms with Gasteiger partial charge < -0.3 is 4.74 Å². The van der Waals surface area contributed by atoms with Gasteiger partial charge in [0.05, 0.1) is 6.20 Å². The van der Waals surface area contributed by atoms with Crippen LogP contribution in [0.4, 0.5) is 0 Å². The van der Waals surface area contributed by atoms with Gasteiger partial charge in [0.25, 0.3) is 0 Å². The molecule has 2 aromatic rings. The van der Waals surface area contributed by atoms with Crippen molar-refractivity contribution in [2.45, 2.75) is 37.2 Å². The molecule has 2 heterocycles. The minimum atomic E-state index is 0.493. The average molecular weight is 315 g/mol. The fourth-order valence-electron chi connectivity index (χ4n) is 2.44. The molecule has 5 heteroatoms. The maximum absolute atomic E-state index is 5.81. The molecule has 0 unspecified atom stereocenters. The lowest BCUT2D eigenvalue weighted by molar-refractivity contribution is 0.216. The first-order chi connectivity index (χ1) is 10.7. The summed E-state index contributed by atoms with van der Waals surface area (Å²) in [7, 11) is 0. The van der Waals surface area contributed by atoms with E-state index >= 15 is 0 Å². The van der Waals surface area contributed by atoms with Crippen molar-refractivity contribution in [3.63, 3.8) is 0 Å². The van der Waals surface area contributed by atoms with Gasteiger partial charge in [-0.05, 0) is 5.56 Å². The van der Waals surface area contributed by atoms with Crippen LogP contribution in [0, 0.1) is 0 Å². The Kier molecular flexibility index (Phi) is 4.95. The standard InChI is InChI=1S/C17H21N3OS/c1-13(2)22-16-10-18-15-12-20(8-9-21-17(15)19-16)11-14-6-4-3-5-7-14/h3-7,10,13H,8-9,11-12H2,1-2H3. The Morgan fingerprint density at radius 3 is 2.86 bits per heavy atom. The summed E-state index contributed by atoms with van der Waals surface area (Å²) in [5, 5.41) is 1.43. The maximum atomic E-state index is 5.81. The lowest BCUT2D eigenvalue weighted by Crippen LogP contribution is -2.25. The predicted molar refractivity (Wildman–Crippen MR) is 89.1 cm³/mol. The first-order valence-corrected chi connectivity index (χ1v) is 8.50. The highest BCUT2D eigenvalue weighted by molar-refractivity contribution is 7.99. The van der Waals surface area contributed by atoms with Crippen molar-refractivity contribution in [1.82, 2.24) is 14.9 Å². The summed E-state index contributed by atoms with van der Waals surface area (Å²) in [6.07, 6.45) is 1.86. The molecule has 0 spiro atoms. The SMILES string of the molecule is CC(C)Sc1cnc2c(n1)OCCN(Cc1ccccc1)C2. The second-order valence-electron chi connectivity index (χ2n) is 5.67. The molecule has 1 aromatic heterocycles. The van der Waals surface area contributed by atoms with E-state index in [9.17, 15) is 0 Å². The Morgan fingerprint density at radius 2 is 2.09 bits per heavy atom. The smallest absolute Gasteiger partial charge is 0.238 e. The number of hydrogen-bond donors (Lipinski definition) is 0. The molecule has 0 fully saturated rings. The third-order valence-electron chi connectivity index (χ3n) is 3.41. The Labute approximate surface area is 135 Å². The molecule has 0 saturated heterocycles. The second-order valence-corrected chi connectivity index (χ2v) is 7.27. The van der Waals surface area contributed by atoms with Crippen molar-refractivity contribution in [2.24, 2.45) is 0 Å². The van der Waals surface area contributed by atoms with Gasteiger partial charge in [-0.15, -0.1) is 11.8 Å². The molecule has 1 aliphatic rings. The number of benzene rings is 1. The largest absolute Gasteiger partial charge is 0.475 e. The second kappa shape index (κ2) is 7.11. The molecule has 0 atom stereocenters. The van der Waals surface area contributed by atoms with Crippen molar-refractivity contribution in [3.8, 4) is 5.88 Å². The number of hydrogen-bond acceptors (Lipinski definition) is 5. The topological polar surface area (TPSA) is 38.3 Å². The minimum absolute atomic E-state index is 0.493. The third kappa shape index (κ3) is 3.99. The van der Waals surface area contributed by atoms with Gasteiger partial charge in [-0.2, -0.15) is 0 Å². The van der Waals surface area contributed by atoms with Gasteiger partial charge in [0.1, 0.15) is 17.3 Å². The molecule has 4 nitrogen and oxygen atoms in total. The summed E-state index contributed by atoms with van der Waals surface area (Å²) < 4.78 is 5.81. The van der Waals surface area contributed by atoms with E-state index in [4.69, 9.17) is 4.74 Å². The zero-order valence-electron chi connectivity index (χ0n) is 13.0. The maximum Gasteiger partial charge on any atom is 0.238 e. The van der Waals surface area contributed by atoms with Gasteiger partial charge in [0.2, 0.25) is 5.88 Å². The Balaban J connectivity index is 1.73. The third-order valence-corrected chi connectivity index (χ3v) is 4.32. The van der Waals surface area contributed by atoms with E-state index in [-0.39, 0.29) is 0 Å². The molecular weight excluding hydrogens is 294 g/mol. The summed E-state index contributed by atoms with van der Waals surface area (Å²) in [6, 6.07) is 10.5. The Hall–Kier alpha value is -1.59. The highest BCUT2D eigenvalue weighted by atomic mass is 32.2. The van der Waals surface area contributed by atoms with Crippen LogP contribution in [0.2, 0.25) is 0 Å². The van der Waals surface area contributed by atoms with Gasteiger partial charge >= 0.3 is 0 Å². The van der Waals surface area contributed by atoms with Crippen LogP contribution >= 0.6 is 11.8 Å². The number of nitrogens with zero attached hydrogens (tertiary/aromatic N) is 3. The van der Waals surface area contributed by atoms with E-state index < -0.39 is 0 Å². The molecule has 0 amide bonds. The van der Waals surface area contributed by atoms with E-state index in [1.807, 2.05) is 12.3 Å². The molecule has 22 heavy (non-hydrogen) atoms. The fraction of sp³-hybridized carbons (Fsp3) is 0.412. The summed E-state index contributed by atoms with van der Waals surface area (Å²) in [6.45, 7) is 7.54. The van der Waals surface area contributed by atoms with Crippen LogP contribution in [0.25, 0.3) is 0 Å². The molecule has 0 N–H and O–H groups in total. The molecule has 116 valence electrons. The lowest BCUT2D eigenvalue weighted by Gasteiger charge is -2.18. The summed E-state index contributed by atoms with van der Waals surface area (Å²) in [5.41, 5.74) is 2.24. The van der Waals surface area contributed by atoms with Gasteiger partial charge in [0, 0.05) is 24.9 Å². The first kappa shape index (κ1) is 15.3. The molecule has 0 bridgehead atoms. The van der Waals surface area contributed by atoms with Gasteiger partial charge in [-0.25, -0.2) is 4.98 Å². The van der Waals surface area contributed by atoms with Crippen molar-refractivity contribution in [3.05, 3.63) is 47.8 Å². The van der Waals surface area contributed by atoms with E-state index in [1.165, 1.54) is 5.56 Å². The van der Waals surface area contributed by atoms with Crippen LogP contribution in [0.3, 0.4) is 0 Å². The van der Waals surface area contributed by atoms with E-state index in [1.54, 1.807) is 11.8 Å². The molecule has 1 aromatic carbocycles. The number of ether oxygens (including phenoxy) is 1. The minimum Gasteiger partial charge on any atom is -0.475 e. The quantitative estimate of drug-likeness (QED) is 0.809. The lowest BCUT2D eigenvalue weighted by atomic mass is 10.2. The van der Waals surface area contributed by atoms with Crippen molar-refractivity contribution < 1.29 is 4.74 Å². The van der Waals surface area contributed by atoms with Crippen LogP contribution < -0.4 is 4.74 Å². The normalized spacial score (nSPS) is 15.2. The molecule has 0 saturated carbocycles. The van der Waals surface area contributed by atoms with Crippen LogP contribution in [-0.4, -0.2) is 33.3 Å². The van der Waals surface area contributed by atoms with E-state index in [2.05, 4.69) is 53.0 Å². The number of thioether (sulfide) groups is 1. The Morgan fingerprint density at radius 1 is 1.27 bits per heavy atom. The van der Waals surface area contributed by atoms with Crippen molar-refractivity contribution >= 4 is 11.8 Å². The zero-order valence-corrected chi connectivity index (χ0v) is 13.8. The molecule has 3 rings (SSSR count). The van der Waals surface area contributed by atoms with Crippen molar-refractivity contribution in [2.75, 3.05) is 13.2 Å². The van der Waals surface area contributed by atoms with Gasteiger partial charge in [-0.3, -0.25) is 9.88 Å². The number of rotatable bonds is 4. The molecular formula is C17H21N3OS. The molecule has 0 aliphatic carbocycles. The summed E-state index contributed by atoms with van der Waals surface area (Å²) in [4.78, 5) is 11.5.